The number of nitrogens with zero attached hydrogens (tertiary/aromatic N) is 1. The molecule has 2 aromatic carbocycles. The molecular formula is C24H29N. The van der Waals surface area contributed by atoms with E-state index in [4.69, 9.17) is 0 Å². The highest BCUT2D eigenvalue weighted by Crippen LogP contribution is 2.49. The maximum atomic E-state index is 2.82. The molecule has 0 bridgehead atoms. The summed E-state index contributed by atoms with van der Waals surface area (Å²) in [7, 11) is 0. The van der Waals surface area contributed by atoms with E-state index in [-0.39, 0.29) is 0 Å². The molecule has 1 heterocycles. The third-order valence-electron chi connectivity index (χ3n) is 7.11. The maximum absolute atomic E-state index is 2.82. The van der Waals surface area contributed by atoms with Crippen LogP contribution >= 0.6 is 0 Å². The van der Waals surface area contributed by atoms with Crippen molar-refractivity contribution in [2.45, 2.75) is 62.8 Å². The molecule has 2 aromatic rings. The molecule has 130 valence electrons. The van der Waals surface area contributed by atoms with Crippen molar-refractivity contribution >= 4 is 0 Å². The van der Waals surface area contributed by atoms with Gasteiger partial charge in [0.05, 0.1) is 0 Å². The van der Waals surface area contributed by atoms with Gasteiger partial charge in [0.1, 0.15) is 0 Å². The molecule has 0 aromatic heterocycles. The summed E-state index contributed by atoms with van der Waals surface area (Å²) in [6.45, 7) is 2.66. The van der Waals surface area contributed by atoms with Gasteiger partial charge in [-0.05, 0) is 80.3 Å². The van der Waals surface area contributed by atoms with E-state index >= 15 is 0 Å². The second-order valence-corrected chi connectivity index (χ2v) is 8.55. The number of piperidine rings is 1. The average molecular weight is 332 g/mol. The minimum atomic E-state index is 0.366. The van der Waals surface area contributed by atoms with Gasteiger partial charge in [-0.1, -0.05) is 55.0 Å². The number of hydrogen-bond acceptors (Lipinski definition) is 1. The van der Waals surface area contributed by atoms with Crippen LogP contribution in [-0.2, 0) is 18.3 Å². The third-order valence-corrected chi connectivity index (χ3v) is 7.11. The quantitative estimate of drug-likeness (QED) is 0.702. The smallest absolute Gasteiger partial charge is 0.0104 e. The fraction of sp³-hybridized carbons (Fsp3) is 0.500. The summed E-state index contributed by atoms with van der Waals surface area (Å²) >= 11 is 0. The zero-order valence-electron chi connectivity index (χ0n) is 15.2. The van der Waals surface area contributed by atoms with Gasteiger partial charge in [-0.3, -0.25) is 0 Å². The van der Waals surface area contributed by atoms with E-state index in [9.17, 15) is 0 Å². The van der Waals surface area contributed by atoms with Crippen molar-refractivity contribution in [2.24, 2.45) is 0 Å². The molecule has 1 aliphatic heterocycles. The van der Waals surface area contributed by atoms with Crippen LogP contribution in [0.25, 0.3) is 0 Å². The van der Waals surface area contributed by atoms with Gasteiger partial charge in [0, 0.05) is 11.5 Å². The summed E-state index contributed by atoms with van der Waals surface area (Å²) in [5.74, 6) is 0. The maximum Gasteiger partial charge on any atom is 0.0104 e. The number of fused-ring (bicyclic) bond motifs is 3. The van der Waals surface area contributed by atoms with Crippen molar-refractivity contribution in [2.75, 3.05) is 13.1 Å². The lowest BCUT2D eigenvalue weighted by Crippen LogP contribution is -2.39. The minimum absolute atomic E-state index is 0.366. The predicted molar refractivity (Wildman–Crippen MR) is 104 cm³/mol. The topological polar surface area (TPSA) is 3.24 Å². The SMILES string of the molecule is c1ccc2c(c1)Cc1ccccc1C1(CCC(N3CCCCC3)C1)C2. The van der Waals surface area contributed by atoms with Gasteiger partial charge in [-0.15, -0.1) is 0 Å². The zero-order chi connectivity index (χ0) is 16.7. The summed E-state index contributed by atoms with van der Waals surface area (Å²) in [6, 6.07) is 19.3. The van der Waals surface area contributed by atoms with Crippen molar-refractivity contribution in [3.8, 4) is 0 Å². The van der Waals surface area contributed by atoms with E-state index in [1.807, 2.05) is 0 Å². The van der Waals surface area contributed by atoms with Crippen LogP contribution in [0.15, 0.2) is 48.5 Å². The molecule has 1 nitrogen and oxygen atoms in total. The van der Waals surface area contributed by atoms with Crippen molar-refractivity contribution in [1.82, 2.24) is 4.90 Å². The Bertz CT molecular complexity index is 758. The lowest BCUT2D eigenvalue weighted by Gasteiger charge is -2.35. The van der Waals surface area contributed by atoms with Crippen LogP contribution in [0, 0.1) is 0 Å². The van der Waals surface area contributed by atoms with Gasteiger partial charge in [0.25, 0.3) is 0 Å². The van der Waals surface area contributed by atoms with Gasteiger partial charge >= 0.3 is 0 Å². The first-order valence-corrected chi connectivity index (χ1v) is 10.2. The Morgan fingerprint density at radius 1 is 0.800 bits per heavy atom. The summed E-state index contributed by atoms with van der Waals surface area (Å²) in [4.78, 5) is 2.82. The lowest BCUT2D eigenvalue weighted by molar-refractivity contribution is 0.159. The van der Waals surface area contributed by atoms with Crippen LogP contribution in [0.3, 0.4) is 0 Å². The van der Waals surface area contributed by atoms with Gasteiger partial charge in [-0.25, -0.2) is 0 Å². The van der Waals surface area contributed by atoms with E-state index in [0.29, 0.717) is 5.41 Å². The fourth-order valence-corrected chi connectivity index (χ4v) is 5.86. The predicted octanol–water partition coefficient (Wildman–Crippen LogP) is 5.11. The Kier molecular flexibility index (Phi) is 3.93. The Balaban J connectivity index is 1.53. The molecule has 1 saturated heterocycles. The number of benzene rings is 2. The van der Waals surface area contributed by atoms with E-state index in [1.165, 1.54) is 58.0 Å². The molecule has 25 heavy (non-hydrogen) atoms. The molecule has 0 amide bonds. The van der Waals surface area contributed by atoms with Gasteiger partial charge < -0.3 is 4.90 Å². The summed E-state index contributed by atoms with van der Waals surface area (Å²) < 4.78 is 0. The highest BCUT2D eigenvalue weighted by atomic mass is 15.2. The van der Waals surface area contributed by atoms with Gasteiger partial charge in [-0.2, -0.15) is 0 Å². The van der Waals surface area contributed by atoms with Crippen LogP contribution in [0.5, 0.6) is 0 Å². The van der Waals surface area contributed by atoms with Gasteiger partial charge in [0.2, 0.25) is 0 Å². The highest BCUT2D eigenvalue weighted by Gasteiger charge is 2.44. The molecule has 0 radical (unpaired) electrons. The average Bonchev–Trinajstić information content (AvgIpc) is 3.03. The second-order valence-electron chi connectivity index (χ2n) is 8.55. The van der Waals surface area contributed by atoms with Crippen molar-refractivity contribution in [1.29, 1.82) is 0 Å². The van der Waals surface area contributed by atoms with Crippen molar-refractivity contribution in [3.05, 3.63) is 70.8 Å². The first-order valence-electron chi connectivity index (χ1n) is 10.2. The zero-order valence-corrected chi connectivity index (χ0v) is 15.2. The first kappa shape index (κ1) is 15.6. The summed E-state index contributed by atoms with van der Waals surface area (Å²) in [6.07, 6.45) is 10.7. The number of hydrogen-bond donors (Lipinski definition) is 0. The third kappa shape index (κ3) is 2.73. The molecule has 2 fully saturated rings. The highest BCUT2D eigenvalue weighted by molar-refractivity contribution is 5.46. The van der Waals surface area contributed by atoms with Crippen molar-refractivity contribution < 1.29 is 0 Å². The van der Waals surface area contributed by atoms with Gasteiger partial charge in [0.15, 0.2) is 0 Å². The molecule has 2 unspecified atom stereocenters. The molecule has 2 aliphatic carbocycles. The monoisotopic (exact) mass is 331 g/mol. The molecule has 5 rings (SSSR count). The normalized spacial score (nSPS) is 29.2. The van der Waals surface area contributed by atoms with E-state index < -0.39 is 0 Å². The van der Waals surface area contributed by atoms with E-state index in [2.05, 4.69) is 53.4 Å². The van der Waals surface area contributed by atoms with Crippen molar-refractivity contribution in [3.63, 3.8) is 0 Å². The van der Waals surface area contributed by atoms with E-state index in [1.54, 1.807) is 22.3 Å². The minimum Gasteiger partial charge on any atom is -0.300 e. The van der Waals surface area contributed by atoms with Crippen LogP contribution in [0.1, 0.15) is 60.8 Å². The molecule has 1 heteroatoms. The Hall–Kier alpha value is -1.60. The summed E-state index contributed by atoms with van der Waals surface area (Å²) in [5.41, 5.74) is 6.74. The molecule has 0 N–H and O–H groups in total. The molecular weight excluding hydrogens is 302 g/mol. The van der Waals surface area contributed by atoms with Crippen LogP contribution < -0.4 is 0 Å². The van der Waals surface area contributed by atoms with E-state index in [0.717, 1.165) is 12.5 Å². The first-order chi connectivity index (χ1) is 12.3. The van der Waals surface area contributed by atoms with Crippen LogP contribution in [0.4, 0.5) is 0 Å². The number of likely N-dealkylation sites (tertiary alicyclic amines) is 1. The molecule has 1 saturated carbocycles. The standard InChI is InChI=1S/C24H29N/c1-6-14-25(15-7-1)22-12-13-24(18-22)17-21-10-3-2-8-19(21)16-20-9-4-5-11-23(20)24/h2-5,8-11,22H,1,6-7,12-18H2. The largest absolute Gasteiger partial charge is 0.300 e. The molecule has 3 aliphatic rings. The van der Waals surface area contributed by atoms with Crippen LogP contribution in [0.2, 0.25) is 0 Å². The van der Waals surface area contributed by atoms with Crippen LogP contribution in [-0.4, -0.2) is 24.0 Å². The summed E-state index contributed by atoms with van der Waals surface area (Å²) in [5, 5.41) is 0. The Labute approximate surface area is 152 Å². The number of rotatable bonds is 1. The molecule has 2 atom stereocenters. The second kappa shape index (κ2) is 6.29. The molecule has 1 spiro atoms. The Morgan fingerprint density at radius 2 is 1.52 bits per heavy atom. The fourth-order valence-electron chi connectivity index (χ4n) is 5.86. The lowest BCUT2D eigenvalue weighted by atomic mass is 9.73. The Morgan fingerprint density at radius 3 is 2.36 bits per heavy atom.